The first kappa shape index (κ1) is 11.3. The maximum absolute atomic E-state index is 5.96. The summed E-state index contributed by atoms with van der Waals surface area (Å²) in [5.74, 6) is 12.9. The molecule has 90 valence electrons. The van der Waals surface area contributed by atoms with E-state index in [0.717, 1.165) is 0 Å². The molecule has 2 rings (SSSR count). The number of rotatable bonds is 3. The van der Waals surface area contributed by atoms with Crippen molar-refractivity contribution in [1.82, 2.24) is 19.6 Å². The van der Waals surface area contributed by atoms with Crippen LogP contribution in [-0.2, 0) is 0 Å². The molecule has 0 aromatic carbocycles. The zero-order valence-corrected chi connectivity index (χ0v) is 9.83. The van der Waals surface area contributed by atoms with E-state index in [0.29, 0.717) is 23.9 Å². The van der Waals surface area contributed by atoms with Crippen LogP contribution in [0.5, 0.6) is 0 Å². The molecular formula is C10H15N7. The highest BCUT2D eigenvalue weighted by Crippen LogP contribution is 2.24. The summed E-state index contributed by atoms with van der Waals surface area (Å²) in [6, 6.07) is 0. The Morgan fingerprint density at radius 1 is 1.41 bits per heavy atom. The molecule has 0 spiro atoms. The molecular weight excluding hydrogens is 218 g/mol. The summed E-state index contributed by atoms with van der Waals surface area (Å²) < 4.78 is 1.34. The Morgan fingerprint density at radius 3 is 2.88 bits per heavy atom. The van der Waals surface area contributed by atoms with Gasteiger partial charge in [0.15, 0.2) is 17.3 Å². The second kappa shape index (κ2) is 4.38. The van der Waals surface area contributed by atoms with E-state index in [-0.39, 0.29) is 0 Å². The van der Waals surface area contributed by atoms with Crippen molar-refractivity contribution >= 4 is 5.82 Å². The molecule has 2 aliphatic heterocycles. The van der Waals surface area contributed by atoms with Crippen LogP contribution in [0.2, 0.25) is 0 Å². The highest BCUT2D eigenvalue weighted by molar-refractivity contribution is 5.67. The normalized spacial score (nSPS) is 10.5. The number of imidazole rings is 1. The Kier molecular flexibility index (Phi) is 2.92. The van der Waals surface area contributed by atoms with Gasteiger partial charge in [-0.15, -0.1) is 0 Å². The first-order valence-electron chi connectivity index (χ1n) is 5.18. The van der Waals surface area contributed by atoms with Gasteiger partial charge in [0.2, 0.25) is 0 Å². The van der Waals surface area contributed by atoms with Crippen LogP contribution in [0.25, 0.3) is 11.5 Å². The van der Waals surface area contributed by atoms with Gasteiger partial charge in [-0.05, 0) is 13.8 Å². The van der Waals surface area contributed by atoms with Crippen molar-refractivity contribution in [3.8, 4) is 11.5 Å². The summed E-state index contributed by atoms with van der Waals surface area (Å²) in [4.78, 5) is 12.2. The van der Waals surface area contributed by atoms with E-state index in [1.807, 2.05) is 19.9 Å². The molecule has 2 aliphatic rings. The number of hydrazine groups is 1. The fourth-order valence-corrected chi connectivity index (χ4v) is 1.46. The maximum atomic E-state index is 5.96. The van der Waals surface area contributed by atoms with Crippen LogP contribution < -0.4 is 16.7 Å². The van der Waals surface area contributed by atoms with Crippen molar-refractivity contribution in [2.45, 2.75) is 13.8 Å². The Hall–Kier alpha value is -2.15. The molecule has 7 nitrogen and oxygen atoms in total. The van der Waals surface area contributed by atoms with E-state index in [1.165, 1.54) is 27.9 Å². The number of anilines is 1. The summed E-state index contributed by atoms with van der Waals surface area (Å²) in [6.07, 6.45) is 4.91. The monoisotopic (exact) mass is 233 g/mol. The van der Waals surface area contributed by atoms with Crippen molar-refractivity contribution in [3.63, 3.8) is 0 Å². The zero-order chi connectivity index (χ0) is 12.4. The number of allylic oxidation sites excluding steroid dienone is 1. The molecule has 0 saturated carbocycles. The minimum Gasteiger partial charge on any atom is -0.336 e. The first-order valence-corrected chi connectivity index (χ1v) is 5.18. The molecule has 0 saturated heterocycles. The quantitative estimate of drug-likeness (QED) is 0.444. The fraction of sp³-hybridized carbons (Fsp3) is 0.300. The van der Waals surface area contributed by atoms with Crippen LogP contribution in [0, 0.1) is 0 Å². The van der Waals surface area contributed by atoms with Gasteiger partial charge in [-0.1, -0.05) is 11.6 Å². The Bertz CT molecular complexity index is 512. The summed E-state index contributed by atoms with van der Waals surface area (Å²) in [6.45, 7) is 4.56. The Balaban J connectivity index is 2.37. The van der Waals surface area contributed by atoms with E-state index in [1.54, 1.807) is 0 Å². The van der Waals surface area contributed by atoms with Crippen LogP contribution in [0.3, 0.4) is 0 Å². The van der Waals surface area contributed by atoms with Crippen LogP contribution in [-0.4, -0.2) is 26.2 Å². The average molecular weight is 233 g/mol. The molecule has 4 N–H and O–H groups in total. The SMILES string of the molecule is CC(C)=CCN(N)c1c2ncnc-2ncn1N. The van der Waals surface area contributed by atoms with Crippen molar-refractivity contribution in [3.05, 3.63) is 24.3 Å². The third-order valence-electron chi connectivity index (χ3n) is 2.31. The minimum atomic E-state index is 0.536. The molecule has 0 aliphatic carbocycles. The molecule has 0 aromatic rings. The lowest BCUT2D eigenvalue weighted by Crippen LogP contribution is -2.36. The predicted octanol–water partition coefficient (Wildman–Crippen LogP) is 0.138. The minimum absolute atomic E-state index is 0.536. The van der Waals surface area contributed by atoms with Gasteiger partial charge in [0.25, 0.3) is 0 Å². The molecule has 0 unspecified atom stereocenters. The molecule has 0 radical (unpaired) electrons. The number of hydrogen-bond donors (Lipinski definition) is 2. The third-order valence-corrected chi connectivity index (χ3v) is 2.31. The molecule has 17 heavy (non-hydrogen) atoms. The van der Waals surface area contributed by atoms with Crippen LogP contribution >= 0.6 is 0 Å². The standard InChI is InChI=1S/C10H15N7/c1-7(2)3-4-16(11)10-8-9(14-5-13-8)15-6-17(10)12/h3,5-6H,4,11-12H2,1-2H3. The van der Waals surface area contributed by atoms with Gasteiger partial charge in [0.05, 0.1) is 6.54 Å². The topological polar surface area (TPSA) is 98.9 Å². The van der Waals surface area contributed by atoms with Gasteiger partial charge in [-0.2, -0.15) is 0 Å². The summed E-state index contributed by atoms with van der Waals surface area (Å²) in [7, 11) is 0. The van der Waals surface area contributed by atoms with Crippen LogP contribution in [0.1, 0.15) is 13.8 Å². The third kappa shape index (κ3) is 2.18. The van der Waals surface area contributed by atoms with Gasteiger partial charge in [0.1, 0.15) is 12.7 Å². The predicted molar refractivity (Wildman–Crippen MR) is 65.6 cm³/mol. The van der Waals surface area contributed by atoms with Gasteiger partial charge in [-0.25, -0.2) is 25.5 Å². The van der Waals surface area contributed by atoms with Gasteiger partial charge >= 0.3 is 0 Å². The number of fused-ring (bicyclic) bond motifs is 1. The molecule has 2 heterocycles. The second-order valence-corrected chi connectivity index (χ2v) is 3.96. The largest absolute Gasteiger partial charge is 0.336 e. The smallest absolute Gasteiger partial charge is 0.185 e. The van der Waals surface area contributed by atoms with Gasteiger partial charge < -0.3 is 5.84 Å². The fourth-order valence-electron chi connectivity index (χ4n) is 1.46. The number of nitrogens with two attached hydrogens (primary N) is 2. The number of aromatic nitrogens is 4. The van der Waals surface area contributed by atoms with E-state index >= 15 is 0 Å². The number of hydrogen-bond acceptors (Lipinski definition) is 6. The summed E-state index contributed by atoms with van der Waals surface area (Å²) >= 11 is 0. The van der Waals surface area contributed by atoms with E-state index in [4.69, 9.17) is 11.7 Å². The van der Waals surface area contributed by atoms with Gasteiger partial charge in [-0.3, -0.25) is 5.01 Å². The average Bonchev–Trinajstić information content (AvgIpc) is 2.73. The van der Waals surface area contributed by atoms with Gasteiger partial charge in [0, 0.05) is 0 Å². The van der Waals surface area contributed by atoms with Crippen LogP contribution in [0.15, 0.2) is 24.3 Å². The van der Waals surface area contributed by atoms with E-state index < -0.39 is 0 Å². The van der Waals surface area contributed by atoms with Crippen molar-refractivity contribution in [2.75, 3.05) is 17.4 Å². The highest BCUT2D eigenvalue weighted by Gasteiger charge is 2.18. The lowest BCUT2D eigenvalue weighted by molar-refractivity contribution is 0.822. The summed E-state index contributed by atoms with van der Waals surface area (Å²) in [5.41, 5.74) is 1.78. The lowest BCUT2D eigenvalue weighted by atomic mass is 10.3. The lowest BCUT2D eigenvalue weighted by Gasteiger charge is -2.21. The number of nitrogen functional groups attached to an aromatic ring is 1. The van der Waals surface area contributed by atoms with Crippen molar-refractivity contribution in [1.29, 1.82) is 0 Å². The summed E-state index contributed by atoms with van der Waals surface area (Å²) in [5, 5.41) is 1.52. The van der Waals surface area contributed by atoms with Crippen molar-refractivity contribution < 1.29 is 0 Å². The second-order valence-electron chi connectivity index (χ2n) is 3.96. The molecule has 0 aromatic heterocycles. The molecule has 0 bridgehead atoms. The Morgan fingerprint density at radius 2 is 2.18 bits per heavy atom. The first-order chi connectivity index (χ1) is 8.09. The number of nitrogens with zero attached hydrogens (tertiary/aromatic N) is 5. The molecule has 7 heteroatoms. The highest BCUT2D eigenvalue weighted by atomic mass is 15.5. The molecule has 0 amide bonds. The molecule has 0 atom stereocenters. The Labute approximate surface area is 99.1 Å². The molecule has 0 fully saturated rings. The van der Waals surface area contributed by atoms with Crippen molar-refractivity contribution in [2.24, 2.45) is 5.84 Å². The zero-order valence-electron chi connectivity index (χ0n) is 9.83. The van der Waals surface area contributed by atoms with E-state index in [2.05, 4.69) is 15.0 Å². The van der Waals surface area contributed by atoms with E-state index in [9.17, 15) is 0 Å². The van der Waals surface area contributed by atoms with Crippen LogP contribution in [0.4, 0.5) is 5.82 Å². The maximum Gasteiger partial charge on any atom is 0.185 e.